The molecule has 1 unspecified atom stereocenters. The molecule has 1 nitrogen and oxygen atoms in total. The maximum absolute atomic E-state index is 13.0. The first kappa shape index (κ1) is 12.2. The molecular weight excluding hydrogens is 261 g/mol. The molecular formula is C11H12FNS3. The van der Waals surface area contributed by atoms with Gasteiger partial charge in [0.1, 0.15) is 5.82 Å². The van der Waals surface area contributed by atoms with Crippen molar-refractivity contribution in [2.75, 3.05) is 0 Å². The third-order valence-corrected chi connectivity index (χ3v) is 6.56. The third kappa shape index (κ3) is 2.90. The van der Waals surface area contributed by atoms with E-state index in [0.717, 1.165) is 21.0 Å². The Kier molecular flexibility index (Phi) is 4.10. The van der Waals surface area contributed by atoms with Gasteiger partial charge in [0.15, 0.2) is 4.34 Å². The first-order valence-corrected chi connectivity index (χ1v) is 8.11. The van der Waals surface area contributed by atoms with E-state index in [1.54, 1.807) is 34.3 Å². The van der Waals surface area contributed by atoms with Gasteiger partial charge in [-0.1, -0.05) is 24.6 Å². The summed E-state index contributed by atoms with van der Waals surface area (Å²) in [7, 11) is 3.51. The highest BCUT2D eigenvalue weighted by atomic mass is 33.1. The Morgan fingerprint density at radius 1 is 1.50 bits per heavy atom. The Morgan fingerprint density at radius 2 is 2.31 bits per heavy atom. The van der Waals surface area contributed by atoms with Crippen LogP contribution >= 0.6 is 32.9 Å². The Labute approximate surface area is 106 Å². The Bertz CT molecular complexity index is 483. The normalized spacial score (nSPS) is 13.2. The van der Waals surface area contributed by atoms with Crippen molar-refractivity contribution in [2.24, 2.45) is 0 Å². The fourth-order valence-electron chi connectivity index (χ4n) is 1.10. The van der Waals surface area contributed by atoms with E-state index < -0.39 is 0 Å². The molecule has 0 radical (unpaired) electrons. The van der Waals surface area contributed by atoms with Crippen LogP contribution in [0.25, 0.3) is 10.2 Å². The number of halogens is 1. The van der Waals surface area contributed by atoms with E-state index in [9.17, 15) is 4.39 Å². The summed E-state index contributed by atoms with van der Waals surface area (Å²) in [6.07, 6.45) is 1.15. The lowest BCUT2D eigenvalue weighted by Crippen LogP contribution is -1.87. The third-order valence-electron chi connectivity index (χ3n) is 2.19. The number of fused-ring (bicyclic) bond motifs is 1. The van der Waals surface area contributed by atoms with Crippen LogP contribution in [0.4, 0.5) is 4.39 Å². The van der Waals surface area contributed by atoms with Crippen molar-refractivity contribution in [1.82, 2.24) is 4.98 Å². The van der Waals surface area contributed by atoms with Gasteiger partial charge in [0.25, 0.3) is 0 Å². The minimum Gasteiger partial charge on any atom is -0.229 e. The van der Waals surface area contributed by atoms with E-state index in [1.165, 1.54) is 6.07 Å². The van der Waals surface area contributed by atoms with Crippen LogP contribution in [0.2, 0.25) is 0 Å². The molecule has 0 aliphatic rings. The SMILES string of the molecule is CCC(C)SSc1nc2ccc(F)cc2s1. The monoisotopic (exact) mass is 273 g/mol. The fourth-order valence-corrected chi connectivity index (χ4v) is 4.67. The van der Waals surface area contributed by atoms with Gasteiger partial charge in [-0.3, -0.25) is 0 Å². The molecule has 0 amide bonds. The Balaban J connectivity index is 2.13. The molecule has 5 heteroatoms. The molecule has 1 atom stereocenters. The summed E-state index contributed by atoms with van der Waals surface area (Å²) >= 11 is 1.55. The van der Waals surface area contributed by atoms with Gasteiger partial charge in [0, 0.05) is 5.25 Å². The quantitative estimate of drug-likeness (QED) is 0.730. The van der Waals surface area contributed by atoms with Gasteiger partial charge in [-0.2, -0.15) is 0 Å². The average Bonchev–Trinajstić information content (AvgIpc) is 2.67. The van der Waals surface area contributed by atoms with E-state index in [-0.39, 0.29) is 5.82 Å². The van der Waals surface area contributed by atoms with Crippen LogP contribution in [0.5, 0.6) is 0 Å². The molecule has 2 aromatic rings. The molecule has 0 bridgehead atoms. The summed E-state index contributed by atoms with van der Waals surface area (Å²) in [5.41, 5.74) is 0.888. The van der Waals surface area contributed by atoms with Crippen LogP contribution in [0, 0.1) is 5.82 Å². The highest BCUT2D eigenvalue weighted by Crippen LogP contribution is 2.39. The van der Waals surface area contributed by atoms with Crippen LogP contribution in [-0.2, 0) is 0 Å². The zero-order valence-corrected chi connectivity index (χ0v) is 11.5. The second-order valence-corrected chi connectivity index (χ2v) is 7.41. The lowest BCUT2D eigenvalue weighted by Gasteiger charge is -2.03. The van der Waals surface area contributed by atoms with Gasteiger partial charge in [-0.05, 0) is 35.4 Å². The van der Waals surface area contributed by atoms with Crippen molar-refractivity contribution in [3.63, 3.8) is 0 Å². The number of aromatic nitrogens is 1. The number of benzene rings is 1. The minimum atomic E-state index is -0.192. The highest BCUT2D eigenvalue weighted by molar-refractivity contribution is 8.77. The standard InChI is InChI=1S/C11H12FNS3/c1-3-7(2)15-16-11-13-9-5-4-8(12)6-10(9)14-11/h4-7H,3H2,1-2H3. The summed E-state index contributed by atoms with van der Waals surface area (Å²) < 4.78 is 14.9. The predicted molar refractivity (Wildman–Crippen MR) is 72.8 cm³/mol. The second-order valence-electron chi connectivity index (χ2n) is 3.49. The lowest BCUT2D eigenvalue weighted by atomic mass is 10.3. The largest absolute Gasteiger partial charge is 0.229 e. The molecule has 0 N–H and O–H groups in total. The fraction of sp³-hybridized carbons (Fsp3) is 0.364. The average molecular weight is 273 g/mol. The van der Waals surface area contributed by atoms with Crippen molar-refractivity contribution in [2.45, 2.75) is 29.9 Å². The van der Waals surface area contributed by atoms with Crippen molar-refractivity contribution >= 4 is 43.1 Å². The van der Waals surface area contributed by atoms with Gasteiger partial charge < -0.3 is 0 Å². The highest BCUT2D eigenvalue weighted by Gasteiger charge is 2.07. The molecule has 0 aliphatic carbocycles. The van der Waals surface area contributed by atoms with E-state index >= 15 is 0 Å². The minimum absolute atomic E-state index is 0.192. The number of hydrogen-bond acceptors (Lipinski definition) is 4. The second kappa shape index (κ2) is 5.38. The molecule has 16 heavy (non-hydrogen) atoms. The van der Waals surface area contributed by atoms with Crippen molar-refractivity contribution < 1.29 is 4.39 Å². The Hall–Kier alpha value is -0.260. The summed E-state index contributed by atoms with van der Waals surface area (Å²) in [6.45, 7) is 4.37. The first-order valence-electron chi connectivity index (χ1n) is 5.08. The number of hydrogen-bond donors (Lipinski definition) is 0. The predicted octanol–water partition coefficient (Wildman–Crippen LogP) is 4.97. The molecule has 0 aliphatic heterocycles. The lowest BCUT2D eigenvalue weighted by molar-refractivity contribution is 0.630. The molecule has 2 rings (SSSR count). The first-order chi connectivity index (χ1) is 7.69. The van der Waals surface area contributed by atoms with Crippen LogP contribution in [0.3, 0.4) is 0 Å². The van der Waals surface area contributed by atoms with Gasteiger partial charge in [0.05, 0.1) is 10.2 Å². The number of rotatable bonds is 4. The van der Waals surface area contributed by atoms with Crippen molar-refractivity contribution in [3.8, 4) is 0 Å². The molecule has 1 heterocycles. The van der Waals surface area contributed by atoms with Crippen LogP contribution in [0.15, 0.2) is 22.5 Å². The van der Waals surface area contributed by atoms with Crippen LogP contribution in [-0.4, -0.2) is 10.2 Å². The zero-order valence-electron chi connectivity index (χ0n) is 9.07. The van der Waals surface area contributed by atoms with Gasteiger partial charge in [-0.25, -0.2) is 9.37 Å². The smallest absolute Gasteiger partial charge is 0.161 e. The molecule has 0 saturated carbocycles. The van der Waals surface area contributed by atoms with Gasteiger partial charge >= 0.3 is 0 Å². The molecule has 0 saturated heterocycles. The molecule has 1 aromatic carbocycles. The van der Waals surface area contributed by atoms with E-state index in [0.29, 0.717) is 5.25 Å². The number of thiazole rings is 1. The molecule has 86 valence electrons. The van der Waals surface area contributed by atoms with E-state index in [4.69, 9.17) is 0 Å². The van der Waals surface area contributed by atoms with E-state index in [1.807, 2.05) is 10.8 Å². The Morgan fingerprint density at radius 3 is 3.06 bits per heavy atom. The topological polar surface area (TPSA) is 12.9 Å². The van der Waals surface area contributed by atoms with Crippen LogP contribution in [0.1, 0.15) is 20.3 Å². The molecule has 0 fully saturated rings. The van der Waals surface area contributed by atoms with Crippen LogP contribution < -0.4 is 0 Å². The van der Waals surface area contributed by atoms with Crippen molar-refractivity contribution in [3.05, 3.63) is 24.0 Å². The number of nitrogens with zero attached hydrogens (tertiary/aromatic N) is 1. The van der Waals surface area contributed by atoms with Crippen molar-refractivity contribution in [1.29, 1.82) is 0 Å². The summed E-state index contributed by atoms with van der Waals surface area (Å²) in [4.78, 5) is 4.45. The van der Waals surface area contributed by atoms with Gasteiger partial charge in [0.2, 0.25) is 0 Å². The maximum atomic E-state index is 13.0. The van der Waals surface area contributed by atoms with Gasteiger partial charge in [-0.15, -0.1) is 11.3 Å². The summed E-state index contributed by atoms with van der Waals surface area (Å²) in [5, 5.41) is 0.619. The molecule has 1 aromatic heterocycles. The summed E-state index contributed by atoms with van der Waals surface area (Å²) in [5.74, 6) is -0.192. The van der Waals surface area contributed by atoms with E-state index in [2.05, 4.69) is 18.8 Å². The zero-order chi connectivity index (χ0) is 11.5. The molecule has 0 spiro atoms. The maximum Gasteiger partial charge on any atom is 0.161 e. The summed E-state index contributed by atoms with van der Waals surface area (Å²) in [6, 6.07) is 4.74.